The first-order chi connectivity index (χ1) is 9.96. The molecule has 0 aliphatic rings. The quantitative estimate of drug-likeness (QED) is 0.883. The minimum absolute atomic E-state index is 0.137. The number of hydrogen-bond acceptors (Lipinski definition) is 2. The van der Waals surface area contributed by atoms with Crippen LogP contribution in [0.25, 0.3) is 0 Å². The molecule has 0 aliphatic heterocycles. The summed E-state index contributed by atoms with van der Waals surface area (Å²) in [6, 6.07) is 19.2. The van der Waals surface area contributed by atoms with Crippen molar-refractivity contribution in [2.24, 2.45) is 0 Å². The Morgan fingerprint density at radius 1 is 0.857 bits per heavy atom. The second-order valence-electron chi connectivity index (χ2n) is 6.56. The number of rotatable bonds is 5. The zero-order valence-corrected chi connectivity index (χ0v) is 13.6. The molecule has 0 heterocycles. The summed E-state index contributed by atoms with van der Waals surface area (Å²) >= 11 is 0. The molecule has 0 atom stereocenters. The van der Waals surface area contributed by atoms with Crippen molar-refractivity contribution in [2.75, 3.05) is 11.9 Å². The predicted molar refractivity (Wildman–Crippen MR) is 91.6 cm³/mol. The lowest BCUT2D eigenvalue weighted by Crippen LogP contribution is -2.35. The van der Waals surface area contributed by atoms with Gasteiger partial charge in [-0.2, -0.15) is 0 Å². The van der Waals surface area contributed by atoms with Gasteiger partial charge >= 0.3 is 0 Å². The van der Waals surface area contributed by atoms with Crippen molar-refractivity contribution < 1.29 is 0 Å². The van der Waals surface area contributed by atoms with E-state index in [1.165, 1.54) is 16.8 Å². The standard InChI is InChI=1S/C19H26N2/c1-19(2,3)20-14-16-10-8-9-11-17(16)15-21(4)18-12-6-5-7-13-18/h5-13,20H,14-15H2,1-4H3. The molecule has 2 aromatic carbocycles. The van der Waals surface area contributed by atoms with Gasteiger partial charge < -0.3 is 10.2 Å². The number of para-hydroxylation sites is 1. The van der Waals surface area contributed by atoms with E-state index >= 15 is 0 Å². The fraction of sp³-hybridized carbons (Fsp3) is 0.368. The molecule has 21 heavy (non-hydrogen) atoms. The molecule has 0 bridgehead atoms. The SMILES string of the molecule is CN(Cc1ccccc1CNC(C)(C)C)c1ccccc1. The molecule has 0 spiro atoms. The smallest absolute Gasteiger partial charge is 0.0429 e. The van der Waals surface area contributed by atoms with Crippen LogP contribution in [0.15, 0.2) is 54.6 Å². The third-order valence-corrected chi connectivity index (χ3v) is 3.53. The highest BCUT2D eigenvalue weighted by Crippen LogP contribution is 2.17. The van der Waals surface area contributed by atoms with Crippen LogP contribution in [0.2, 0.25) is 0 Å². The molecule has 0 aromatic heterocycles. The topological polar surface area (TPSA) is 15.3 Å². The minimum atomic E-state index is 0.137. The van der Waals surface area contributed by atoms with Crippen molar-refractivity contribution in [3.63, 3.8) is 0 Å². The van der Waals surface area contributed by atoms with Gasteiger partial charge in [0.1, 0.15) is 0 Å². The van der Waals surface area contributed by atoms with Crippen molar-refractivity contribution in [3.8, 4) is 0 Å². The molecular formula is C19H26N2. The second kappa shape index (κ2) is 6.77. The summed E-state index contributed by atoms with van der Waals surface area (Å²) < 4.78 is 0. The fourth-order valence-corrected chi connectivity index (χ4v) is 2.27. The van der Waals surface area contributed by atoms with E-state index < -0.39 is 0 Å². The van der Waals surface area contributed by atoms with Gasteiger partial charge in [-0.25, -0.2) is 0 Å². The highest BCUT2D eigenvalue weighted by Gasteiger charge is 2.11. The summed E-state index contributed by atoms with van der Waals surface area (Å²) in [7, 11) is 2.14. The van der Waals surface area contributed by atoms with E-state index in [-0.39, 0.29) is 5.54 Å². The molecule has 0 radical (unpaired) electrons. The number of anilines is 1. The van der Waals surface area contributed by atoms with E-state index in [0.29, 0.717) is 0 Å². The van der Waals surface area contributed by atoms with Crippen LogP contribution in [0.5, 0.6) is 0 Å². The first kappa shape index (κ1) is 15.6. The molecule has 0 unspecified atom stereocenters. The molecule has 2 heteroatoms. The van der Waals surface area contributed by atoms with E-state index in [1.807, 2.05) is 0 Å². The number of hydrogen-bond donors (Lipinski definition) is 1. The van der Waals surface area contributed by atoms with E-state index in [2.05, 4.69) is 92.6 Å². The van der Waals surface area contributed by atoms with Crippen molar-refractivity contribution in [1.82, 2.24) is 5.32 Å². The number of nitrogens with one attached hydrogen (secondary N) is 1. The summed E-state index contributed by atoms with van der Waals surface area (Å²) in [5.41, 5.74) is 4.13. The van der Waals surface area contributed by atoms with Crippen molar-refractivity contribution in [3.05, 3.63) is 65.7 Å². The molecule has 0 fully saturated rings. The Hall–Kier alpha value is -1.80. The summed E-state index contributed by atoms with van der Waals surface area (Å²) in [6.45, 7) is 8.43. The van der Waals surface area contributed by atoms with Crippen LogP contribution >= 0.6 is 0 Å². The normalized spacial score (nSPS) is 11.4. The average Bonchev–Trinajstić information content (AvgIpc) is 2.46. The van der Waals surface area contributed by atoms with Gasteiger partial charge in [-0.15, -0.1) is 0 Å². The molecule has 0 saturated carbocycles. The first-order valence-corrected chi connectivity index (χ1v) is 7.54. The van der Waals surface area contributed by atoms with Crippen molar-refractivity contribution in [1.29, 1.82) is 0 Å². The molecule has 0 amide bonds. The Kier molecular flexibility index (Phi) is 5.03. The van der Waals surface area contributed by atoms with E-state index in [1.54, 1.807) is 0 Å². The Labute approximate surface area is 128 Å². The molecule has 2 nitrogen and oxygen atoms in total. The second-order valence-corrected chi connectivity index (χ2v) is 6.56. The van der Waals surface area contributed by atoms with Gasteiger partial charge in [0.15, 0.2) is 0 Å². The van der Waals surface area contributed by atoms with Crippen LogP contribution in [-0.2, 0) is 13.1 Å². The lowest BCUT2D eigenvalue weighted by molar-refractivity contribution is 0.423. The van der Waals surface area contributed by atoms with Gasteiger partial charge in [0.2, 0.25) is 0 Å². The van der Waals surface area contributed by atoms with Crippen LogP contribution in [0.3, 0.4) is 0 Å². The van der Waals surface area contributed by atoms with Crippen LogP contribution in [0, 0.1) is 0 Å². The van der Waals surface area contributed by atoms with Crippen LogP contribution < -0.4 is 10.2 Å². The van der Waals surface area contributed by atoms with Gasteiger partial charge in [-0.1, -0.05) is 42.5 Å². The van der Waals surface area contributed by atoms with Crippen LogP contribution in [-0.4, -0.2) is 12.6 Å². The largest absolute Gasteiger partial charge is 0.370 e. The molecular weight excluding hydrogens is 256 g/mol. The summed E-state index contributed by atoms with van der Waals surface area (Å²) in [6.07, 6.45) is 0. The van der Waals surface area contributed by atoms with Crippen molar-refractivity contribution >= 4 is 5.69 Å². The maximum Gasteiger partial charge on any atom is 0.0429 e. The van der Waals surface area contributed by atoms with Crippen molar-refractivity contribution in [2.45, 2.75) is 39.4 Å². The Morgan fingerprint density at radius 3 is 2.05 bits per heavy atom. The molecule has 0 saturated heterocycles. The first-order valence-electron chi connectivity index (χ1n) is 7.54. The highest BCUT2D eigenvalue weighted by atomic mass is 15.1. The zero-order chi connectivity index (χ0) is 15.3. The maximum atomic E-state index is 3.57. The van der Waals surface area contributed by atoms with E-state index in [9.17, 15) is 0 Å². The monoisotopic (exact) mass is 282 g/mol. The lowest BCUT2D eigenvalue weighted by atomic mass is 10.0. The fourth-order valence-electron chi connectivity index (χ4n) is 2.27. The van der Waals surface area contributed by atoms with Crippen LogP contribution in [0.4, 0.5) is 5.69 Å². The van der Waals surface area contributed by atoms with Gasteiger partial charge in [-0.3, -0.25) is 0 Å². The minimum Gasteiger partial charge on any atom is -0.370 e. The van der Waals surface area contributed by atoms with E-state index in [4.69, 9.17) is 0 Å². The molecule has 1 N–H and O–H groups in total. The average molecular weight is 282 g/mol. The summed E-state index contributed by atoms with van der Waals surface area (Å²) in [4.78, 5) is 2.29. The highest BCUT2D eigenvalue weighted by molar-refractivity contribution is 5.46. The molecule has 2 aromatic rings. The summed E-state index contributed by atoms with van der Waals surface area (Å²) in [5, 5.41) is 3.57. The molecule has 2 rings (SSSR count). The molecule has 0 aliphatic carbocycles. The Bertz CT molecular complexity index is 555. The lowest BCUT2D eigenvalue weighted by Gasteiger charge is -2.24. The third-order valence-electron chi connectivity index (χ3n) is 3.53. The third kappa shape index (κ3) is 4.91. The Morgan fingerprint density at radius 2 is 1.43 bits per heavy atom. The Balaban J connectivity index is 2.09. The molecule has 112 valence electrons. The van der Waals surface area contributed by atoms with Gasteiger partial charge in [0, 0.05) is 31.4 Å². The van der Waals surface area contributed by atoms with E-state index in [0.717, 1.165) is 13.1 Å². The summed E-state index contributed by atoms with van der Waals surface area (Å²) in [5.74, 6) is 0. The van der Waals surface area contributed by atoms with Gasteiger partial charge in [0.25, 0.3) is 0 Å². The maximum absolute atomic E-state index is 3.57. The van der Waals surface area contributed by atoms with Gasteiger partial charge in [-0.05, 0) is 44.0 Å². The predicted octanol–water partition coefficient (Wildman–Crippen LogP) is 4.21. The van der Waals surface area contributed by atoms with Crippen LogP contribution in [0.1, 0.15) is 31.9 Å². The van der Waals surface area contributed by atoms with Gasteiger partial charge in [0.05, 0.1) is 0 Å². The zero-order valence-electron chi connectivity index (χ0n) is 13.6. The number of benzene rings is 2. The number of nitrogens with zero attached hydrogens (tertiary/aromatic N) is 1.